The lowest BCUT2D eigenvalue weighted by molar-refractivity contribution is -0.337. The molecule has 2 aromatic carbocycles. The van der Waals surface area contributed by atoms with E-state index in [1.807, 2.05) is 0 Å². The van der Waals surface area contributed by atoms with Crippen LogP contribution in [0.1, 0.15) is 95.6 Å². The minimum atomic E-state index is -2.65. The molecular weight excluding hydrogens is 913 g/mol. The molecule has 382 valence electrons. The second kappa shape index (κ2) is 18.6. The molecule has 4 aliphatic heterocycles. The standard InChI is InChI=1S/C48H64O21/c1-17-26(66-31-15-46(7,59)42(55)21(5)64-31)12-24-10-23-11-25-41(61-9)40(54)33(18(2)49)44(57)48(25,45(58)35(23)39(53)34(24)36(17)50)69-30-14-28(38(52)20(4)63-30)67-29-13-27(37(51)19(3)62-29)68-32-16-47(8,60)43(56)22(6)65-32/h10,12,19-22,25,27-32,37-38,41-43,50-53,55-57,59-60H,11,13-16H2,1-9H3/t19-,20-,21-,22-,25+,27-,28-,29?,30+,31-,32?,37+,38-,41-,42-,43-,46+,47+,48-/m1/s1. The number of aromatic hydroxyl groups is 2. The minimum Gasteiger partial charge on any atom is -0.508 e. The van der Waals surface area contributed by atoms with Gasteiger partial charge in [0.25, 0.3) is 0 Å². The Morgan fingerprint density at radius 3 is 1.83 bits per heavy atom. The minimum absolute atomic E-state index is 0.0915. The van der Waals surface area contributed by atoms with Gasteiger partial charge in [-0.15, -0.1) is 0 Å². The predicted octanol–water partition coefficient (Wildman–Crippen LogP) is 1.30. The molecule has 69 heavy (non-hydrogen) atoms. The van der Waals surface area contributed by atoms with Crippen molar-refractivity contribution in [2.24, 2.45) is 5.92 Å². The summed E-state index contributed by atoms with van der Waals surface area (Å²) in [6.07, 6.45) is -17.9. The van der Waals surface area contributed by atoms with E-state index in [9.17, 15) is 55.5 Å². The number of phenolic OH excluding ortho intramolecular Hbond substituents is 2. The molecule has 0 bridgehead atoms. The zero-order valence-corrected chi connectivity index (χ0v) is 39.9. The summed E-state index contributed by atoms with van der Waals surface area (Å²) in [5, 5.41) is 101. The number of aliphatic hydroxyl groups is 7. The van der Waals surface area contributed by atoms with Crippen LogP contribution >= 0.6 is 0 Å². The molecule has 0 amide bonds. The van der Waals surface area contributed by atoms with Gasteiger partial charge in [-0.25, -0.2) is 0 Å². The van der Waals surface area contributed by atoms with Crippen molar-refractivity contribution in [2.75, 3.05) is 7.11 Å². The summed E-state index contributed by atoms with van der Waals surface area (Å²) < 4.78 is 54.5. The molecule has 4 fully saturated rings. The van der Waals surface area contributed by atoms with Crippen LogP contribution in [0.3, 0.4) is 0 Å². The van der Waals surface area contributed by atoms with Crippen molar-refractivity contribution < 1.29 is 103 Å². The molecule has 9 N–H and O–H groups in total. The highest BCUT2D eigenvalue weighted by Gasteiger charge is 2.65. The molecule has 21 nitrogen and oxygen atoms in total. The van der Waals surface area contributed by atoms with Crippen LogP contribution in [0, 0.1) is 12.8 Å². The molecular formula is C48H64O21. The van der Waals surface area contributed by atoms with Crippen molar-refractivity contribution in [3.63, 3.8) is 0 Å². The van der Waals surface area contributed by atoms with Crippen molar-refractivity contribution in [3.8, 4) is 17.2 Å². The lowest BCUT2D eigenvalue weighted by Gasteiger charge is -2.50. The van der Waals surface area contributed by atoms with Gasteiger partial charge in [-0.2, -0.15) is 0 Å². The Labute approximate surface area is 397 Å². The van der Waals surface area contributed by atoms with Gasteiger partial charge in [0.15, 0.2) is 36.0 Å². The van der Waals surface area contributed by atoms with Crippen molar-refractivity contribution in [2.45, 2.75) is 197 Å². The van der Waals surface area contributed by atoms with Crippen molar-refractivity contribution >= 4 is 28.1 Å². The number of carbonyl (C=O) groups excluding carboxylic acids is 3. The topological polar surface area (TPSA) is 316 Å². The van der Waals surface area contributed by atoms with Gasteiger partial charge in [-0.1, -0.05) is 0 Å². The van der Waals surface area contributed by atoms with Crippen molar-refractivity contribution in [1.82, 2.24) is 0 Å². The fraction of sp³-hybridized carbons (Fsp3) is 0.688. The molecule has 8 rings (SSSR count). The predicted molar refractivity (Wildman–Crippen MR) is 235 cm³/mol. The average molecular weight is 977 g/mol. The molecule has 4 saturated heterocycles. The van der Waals surface area contributed by atoms with Crippen LogP contribution in [0.2, 0.25) is 0 Å². The number of hydrogen-bond acceptors (Lipinski definition) is 21. The Morgan fingerprint density at radius 1 is 0.739 bits per heavy atom. The fourth-order valence-corrected chi connectivity index (χ4v) is 11.0. The monoisotopic (exact) mass is 976 g/mol. The van der Waals surface area contributed by atoms with Gasteiger partial charge in [-0.05, 0) is 84.9 Å². The SMILES string of the molecule is CO[C@H]1C(=O)C(C(C)=O)=C(O)[C@@]2(O[C@H]3C[C@@H](OC4C[C@@H](OC5C[C@](C)(O)[C@H](O)[C@@H](C)O5)[C@@H](O)[C@@H](C)O4)[C@H](O)[C@@H](C)O3)C(=O)c3c(cc4cc(O[C@@H]5C[C@](C)(O)[C@H](O)[C@@H](C)O5)c(C)c(O)c4c3O)C[C@@H]12. The third-order valence-corrected chi connectivity index (χ3v) is 14.8. The lowest BCUT2D eigenvalue weighted by atomic mass is 9.62. The number of benzene rings is 2. The maximum atomic E-state index is 15.4. The molecule has 2 aliphatic carbocycles. The number of aliphatic hydroxyl groups excluding tert-OH is 5. The highest BCUT2D eigenvalue weighted by molar-refractivity contribution is 6.25. The summed E-state index contributed by atoms with van der Waals surface area (Å²) >= 11 is 0. The van der Waals surface area contributed by atoms with Crippen LogP contribution in [0.4, 0.5) is 0 Å². The lowest BCUT2D eigenvalue weighted by Crippen LogP contribution is -2.65. The Balaban J connectivity index is 1.12. The highest BCUT2D eigenvalue weighted by atomic mass is 16.7. The summed E-state index contributed by atoms with van der Waals surface area (Å²) in [7, 11) is 1.19. The Bertz CT molecular complexity index is 2380. The van der Waals surface area contributed by atoms with E-state index < -0.39 is 161 Å². The quantitative estimate of drug-likeness (QED) is 0.152. The van der Waals surface area contributed by atoms with E-state index in [2.05, 4.69) is 0 Å². The number of hydrogen-bond donors (Lipinski definition) is 9. The molecule has 6 aliphatic rings. The molecule has 0 spiro atoms. The molecule has 4 heterocycles. The number of carbonyl (C=O) groups is 3. The van der Waals surface area contributed by atoms with Crippen molar-refractivity contribution in [3.05, 3.63) is 40.2 Å². The second-order valence-electron chi connectivity index (χ2n) is 20.0. The number of ether oxygens (including phenoxy) is 9. The summed E-state index contributed by atoms with van der Waals surface area (Å²) in [4.78, 5) is 42.6. The molecule has 2 aromatic rings. The maximum absolute atomic E-state index is 15.4. The second-order valence-corrected chi connectivity index (χ2v) is 20.0. The first-order valence-corrected chi connectivity index (χ1v) is 23.2. The van der Waals surface area contributed by atoms with Crippen LogP contribution in [-0.2, 0) is 53.9 Å². The number of phenols is 2. The van der Waals surface area contributed by atoms with Gasteiger partial charge in [0.2, 0.25) is 12.1 Å². The normalized spacial score (nSPS) is 42.8. The van der Waals surface area contributed by atoms with Gasteiger partial charge in [0.05, 0.1) is 58.8 Å². The number of fused-ring (bicyclic) bond motifs is 3. The Hall–Kier alpha value is -3.91. The van der Waals surface area contributed by atoms with Crippen LogP contribution in [0.25, 0.3) is 10.8 Å². The molecule has 0 saturated carbocycles. The van der Waals surface area contributed by atoms with Crippen LogP contribution < -0.4 is 4.74 Å². The zero-order valence-electron chi connectivity index (χ0n) is 39.9. The van der Waals surface area contributed by atoms with Gasteiger partial charge in [0.1, 0.15) is 59.1 Å². The Kier molecular flexibility index (Phi) is 13.9. The summed E-state index contributed by atoms with van der Waals surface area (Å²) in [6, 6.07) is 2.98. The highest BCUT2D eigenvalue weighted by Crippen LogP contribution is 2.53. The van der Waals surface area contributed by atoms with Gasteiger partial charge < -0.3 is 88.6 Å². The molecule has 21 heteroatoms. The number of ketones is 3. The van der Waals surface area contributed by atoms with E-state index in [0.29, 0.717) is 0 Å². The zero-order chi connectivity index (χ0) is 50.6. The number of rotatable bonds is 10. The van der Waals surface area contributed by atoms with E-state index in [1.165, 1.54) is 46.9 Å². The third-order valence-electron chi connectivity index (χ3n) is 14.8. The van der Waals surface area contributed by atoms with Gasteiger partial charge in [-0.3, -0.25) is 14.4 Å². The smallest absolute Gasteiger partial charge is 0.207 e. The number of Topliss-reactive ketones (excluding diaryl/α,β-unsaturated/α-hetero) is 3. The first-order valence-electron chi connectivity index (χ1n) is 23.2. The van der Waals surface area contributed by atoms with Gasteiger partial charge >= 0.3 is 0 Å². The first kappa shape index (κ1) is 51.4. The molecule has 19 atom stereocenters. The maximum Gasteiger partial charge on any atom is 0.207 e. The fourth-order valence-electron chi connectivity index (χ4n) is 11.0. The van der Waals surface area contributed by atoms with E-state index >= 15 is 4.79 Å². The average Bonchev–Trinajstić information content (AvgIpc) is 3.25. The largest absolute Gasteiger partial charge is 0.508 e. The van der Waals surface area contributed by atoms with Crippen molar-refractivity contribution in [1.29, 1.82) is 0 Å². The van der Waals surface area contributed by atoms with Crippen LogP contribution in [0.15, 0.2) is 23.5 Å². The van der Waals surface area contributed by atoms with E-state index in [1.54, 1.807) is 20.8 Å². The Morgan fingerprint density at radius 2 is 1.26 bits per heavy atom. The molecule has 0 radical (unpaired) electrons. The third kappa shape index (κ3) is 8.85. The first-order chi connectivity index (χ1) is 32.2. The summed E-state index contributed by atoms with van der Waals surface area (Å²) in [5.41, 5.74) is -6.69. The summed E-state index contributed by atoms with van der Waals surface area (Å²) in [5.74, 6) is -6.53. The number of methoxy groups -OCH3 is 1. The molecule has 0 aromatic heterocycles. The van der Waals surface area contributed by atoms with Crippen LogP contribution in [0.5, 0.6) is 17.2 Å². The van der Waals surface area contributed by atoms with E-state index in [-0.39, 0.29) is 59.8 Å². The van der Waals surface area contributed by atoms with Crippen LogP contribution in [-0.4, -0.2) is 180 Å². The molecule has 2 unspecified atom stereocenters. The van der Waals surface area contributed by atoms with E-state index in [0.717, 1.165) is 6.92 Å². The summed E-state index contributed by atoms with van der Waals surface area (Å²) in [6.45, 7) is 11.6. The van der Waals surface area contributed by atoms with Gasteiger partial charge in [0, 0.05) is 44.3 Å². The van der Waals surface area contributed by atoms with E-state index in [4.69, 9.17) is 42.6 Å².